The van der Waals surface area contributed by atoms with Gasteiger partial charge in [-0.3, -0.25) is 14.8 Å². The average Bonchev–Trinajstić information content (AvgIpc) is 3.98. The number of benzene rings is 4. The molecule has 2 heterocycles. The number of rotatable bonds is 10. The van der Waals surface area contributed by atoms with E-state index < -0.39 is 67.7 Å². The smallest absolute Gasteiger partial charge is 0.870 e. The molecule has 4 aromatic carbocycles. The Morgan fingerprint density at radius 2 is 0.928 bits per heavy atom. The van der Waals surface area contributed by atoms with Crippen molar-refractivity contribution >= 4 is 54.7 Å². The van der Waals surface area contributed by atoms with Gasteiger partial charge in [-0.2, -0.15) is 36.5 Å². The second kappa shape index (κ2) is 24.6. The van der Waals surface area contributed by atoms with Gasteiger partial charge in [0.2, 0.25) is 5.91 Å². The maximum atomic E-state index is 13.4. The second-order valence-electron chi connectivity index (χ2n) is 16.6. The fourth-order valence-electron chi connectivity index (χ4n) is 8.49. The van der Waals surface area contributed by atoms with E-state index in [1.807, 2.05) is 0 Å². The van der Waals surface area contributed by atoms with Gasteiger partial charge in [-0.25, -0.2) is 21.6 Å². The van der Waals surface area contributed by atoms with Crippen LogP contribution in [0, 0.1) is 11.8 Å². The largest absolute Gasteiger partial charge is 1.00 e. The molecule has 0 bridgehead atoms. The molecule has 2 amide bonds. The molecule has 2 atom stereocenters. The molecule has 2 saturated carbocycles. The van der Waals surface area contributed by atoms with Gasteiger partial charge in [-0.1, -0.05) is 99.2 Å². The summed E-state index contributed by atoms with van der Waals surface area (Å²) >= 11 is 0. The van der Waals surface area contributed by atoms with Crippen molar-refractivity contribution in [1.29, 1.82) is 0 Å². The molecule has 13 nitrogen and oxygen atoms in total. The van der Waals surface area contributed by atoms with Crippen molar-refractivity contribution in [1.82, 2.24) is 4.72 Å². The van der Waals surface area contributed by atoms with E-state index in [1.54, 1.807) is 60.7 Å². The van der Waals surface area contributed by atoms with Crippen LogP contribution in [0.1, 0.15) is 100 Å². The fourth-order valence-corrected chi connectivity index (χ4v) is 10.5. The Kier molecular flexibility index (Phi) is 20.6. The van der Waals surface area contributed by atoms with Crippen LogP contribution in [0.4, 0.5) is 37.7 Å². The van der Waals surface area contributed by atoms with Crippen LogP contribution in [-0.2, 0) is 29.6 Å². The average molecular weight is 1020 g/mol. The van der Waals surface area contributed by atoms with E-state index in [4.69, 9.17) is 0 Å². The predicted molar refractivity (Wildman–Crippen MR) is 238 cm³/mol. The number of alkyl halides is 6. The Morgan fingerprint density at radius 1 is 0.551 bits per heavy atom. The number of carbonyl (C=O) groups excluding carboxylic acids is 2. The molecule has 23 heteroatoms. The number of sulfonamides is 2. The van der Waals surface area contributed by atoms with Gasteiger partial charge in [0, 0.05) is 24.7 Å². The maximum absolute atomic E-state index is 13.4. The number of carbonyl (C=O) groups is 2. The van der Waals surface area contributed by atoms with Crippen LogP contribution in [-0.4, -0.2) is 57.9 Å². The summed E-state index contributed by atoms with van der Waals surface area (Å²) in [5.74, 6) is -1.85. The van der Waals surface area contributed by atoms with Crippen LogP contribution >= 0.6 is 0 Å². The van der Waals surface area contributed by atoms with Gasteiger partial charge in [0.1, 0.15) is 21.4 Å². The summed E-state index contributed by atoms with van der Waals surface area (Å²) in [5.41, 5.74) is 0.150. The summed E-state index contributed by atoms with van der Waals surface area (Å²) < 4.78 is 136. The van der Waals surface area contributed by atoms with E-state index in [-0.39, 0.29) is 99.1 Å². The zero-order valence-electron chi connectivity index (χ0n) is 37.9. The number of hydrazone groups is 2. The van der Waals surface area contributed by atoms with E-state index in [9.17, 15) is 52.8 Å². The third kappa shape index (κ3) is 14.7. The van der Waals surface area contributed by atoms with E-state index in [0.717, 1.165) is 38.5 Å². The number of amides is 2. The molecule has 2 aliphatic carbocycles. The second-order valence-corrected chi connectivity index (χ2v) is 19.9. The number of hydrogen-bond acceptors (Lipinski definition) is 11. The summed E-state index contributed by atoms with van der Waals surface area (Å²) in [4.78, 5) is 24.4. The topological polar surface area (TPSA) is 190 Å². The number of nitrogens with one attached hydrogen (secondary N) is 1. The summed E-state index contributed by atoms with van der Waals surface area (Å²) in [6.45, 7) is 0. The van der Waals surface area contributed by atoms with Gasteiger partial charge in [0.05, 0.1) is 39.2 Å². The monoisotopic (exact) mass is 1020 g/mol. The molecule has 4 aromatic rings. The summed E-state index contributed by atoms with van der Waals surface area (Å²) in [7, 11) is -8.29. The minimum absolute atomic E-state index is 0. The molecule has 2 unspecified atom stereocenters. The standard InChI is InChI=1S/2C23H24F3N3O3S.2Na.H2O/c2*24-23(25,26)21-15-20(16-7-3-1-4-8-16)29(27-21)18-11-13-19(14-12-18)33(31,32)28-22(30)17-9-5-2-6-10-17;;;/h2*1,3-4,7-8,11-14,17,20H,2,5-6,9-10,15H2,(H,28,30);;;1H2/q;;2*+1;/p-2. The van der Waals surface area contributed by atoms with Crippen molar-refractivity contribution in [2.75, 3.05) is 10.0 Å². The summed E-state index contributed by atoms with van der Waals surface area (Å²) in [6, 6.07) is 26.6. The molecule has 2 N–H and O–H groups in total. The first-order valence-corrected chi connectivity index (χ1v) is 24.5. The number of anilines is 2. The molecule has 0 saturated heterocycles. The van der Waals surface area contributed by atoms with Gasteiger partial charge in [-0.05, 0) is 85.3 Å². The molecule has 4 aliphatic rings. The Hall–Kier alpha value is -3.80. The number of halogens is 6. The van der Waals surface area contributed by atoms with Crippen LogP contribution in [0.5, 0.6) is 0 Å². The maximum Gasteiger partial charge on any atom is 1.00 e. The van der Waals surface area contributed by atoms with Crippen molar-refractivity contribution < 1.29 is 117 Å². The zero-order valence-corrected chi connectivity index (χ0v) is 43.5. The number of nitrogens with zero attached hydrogens (tertiary/aromatic N) is 5. The molecule has 69 heavy (non-hydrogen) atoms. The molecule has 2 aliphatic heterocycles. The third-order valence-electron chi connectivity index (χ3n) is 12.0. The molecule has 2 fully saturated rings. The van der Waals surface area contributed by atoms with Crippen LogP contribution in [0.2, 0.25) is 0 Å². The van der Waals surface area contributed by atoms with Gasteiger partial charge >= 0.3 is 71.5 Å². The predicted octanol–water partition coefficient (Wildman–Crippen LogP) is 4.50. The van der Waals surface area contributed by atoms with Gasteiger partial charge in [0.15, 0.2) is 0 Å². The van der Waals surface area contributed by atoms with Crippen molar-refractivity contribution in [3.05, 3.63) is 125 Å². The zero-order chi connectivity index (χ0) is 47.3. The van der Waals surface area contributed by atoms with Gasteiger partial charge in [-0.15, -0.1) is 0 Å². The van der Waals surface area contributed by atoms with E-state index in [1.165, 1.54) is 58.5 Å². The molecule has 360 valence electrons. The quantitative estimate of drug-likeness (QED) is 0.176. The molecule has 0 radical (unpaired) electrons. The first-order valence-electron chi connectivity index (χ1n) is 21.6. The van der Waals surface area contributed by atoms with Crippen LogP contribution in [0.15, 0.2) is 129 Å². The Morgan fingerprint density at radius 3 is 1.32 bits per heavy atom. The van der Waals surface area contributed by atoms with Crippen molar-refractivity contribution in [3.8, 4) is 0 Å². The number of hydrogen-bond donors (Lipinski definition) is 1. The first kappa shape index (κ1) is 57.8. The van der Waals surface area contributed by atoms with Crippen molar-refractivity contribution in [3.63, 3.8) is 0 Å². The normalized spacial score (nSPS) is 19.0. The first-order chi connectivity index (χ1) is 31.3. The van der Waals surface area contributed by atoms with Gasteiger partial charge < -0.3 is 15.0 Å². The SMILES string of the molecule is O=C(NS(=O)(=O)c1ccc(N2N=C(C(F)(F)F)CC2c2ccccc2)cc1)C1CCCCC1.O=C([N-]S(=O)(=O)c1ccc(N2N=C(C(F)(F)F)CC2c2ccccc2)cc1)C1CCCCC1.[Na+].[Na+].[OH-]. The van der Waals surface area contributed by atoms with Crippen molar-refractivity contribution in [2.24, 2.45) is 22.0 Å². The molecule has 8 rings (SSSR count). The van der Waals surface area contributed by atoms with E-state index >= 15 is 0 Å². The summed E-state index contributed by atoms with van der Waals surface area (Å²) in [6.07, 6.45) is -1.57. The third-order valence-corrected chi connectivity index (χ3v) is 14.7. The summed E-state index contributed by atoms with van der Waals surface area (Å²) in [5, 5.41) is 10.1. The minimum atomic E-state index is -4.57. The molecule has 0 aromatic heterocycles. The van der Waals surface area contributed by atoms with E-state index in [2.05, 4.69) is 19.6 Å². The van der Waals surface area contributed by atoms with Crippen LogP contribution in [0.25, 0.3) is 4.72 Å². The van der Waals surface area contributed by atoms with E-state index in [0.29, 0.717) is 48.2 Å². The molecular weight excluding hydrogens is 973 g/mol. The van der Waals surface area contributed by atoms with Crippen LogP contribution < -0.4 is 73.9 Å². The molecule has 0 spiro atoms. The minimum Gasteiger partial charge on any atom is -0.870 e. The van der Waals surface area contributed by atoms with Gasteiger partial charge in [0.25, 0.3) is 10.0 Å². The Bertz CT molecular complexity index is 2450. The fraction of sp³-hybridized carbons (Fsp3) is 0.391. The van der Waals surface area contributed by atoms with Crippen molar-refractivity contribution in [2.45, 2.75) is 111 Å². The Labute approximate surface area is 441 Å². The Balaban J connectivity index is 0.000000288. The molecular formula is C46H48F6N6Na2O7S2. The van der Waals surface area contributed by atoms with Crippen LogP contribution in [0.3, 0.4) is 0 Å².